The monoisotopic (exact) mass is 208 g/mol. The fourth-order valence-electron chi connectivity index (χ4n) is 1.62. The number of nitrogens with two attached hydrogens (primary N) is 1. The molecular weight excluding hydrogens is 192 g/mol. The second-order valence-corrected chi connectivity index (χ2v) is 3.52. The summed E-state index contributed by atoms with van der Waals surface area (Å²) in [6, 6.07) is 0. The van der Waals surface area contributed by atoms with Crippen molar-refractivity contribution in [3.05, 3.63) is 17.6 Å². The van der Waals surface area contributed by atoms with Gasteiger partial charge in [-0.25, -0.2) is 9.97 Å². The van der Waals surface area contributed by atoms with Gasteiger partial charge in [0.2, 0.25) is 0 Å². The van der Waals surface area contributed by atoms with Crippen LogP contribution in [0.3, 0.4) is 0 Å². The summed E-state index contributed by atoms with van der Waals surface area (Å²) in [6.45, 7) is 2.91. The average Bonchev–Trinajstić information content (AvgIpc) is 2.30. The highest BCUT2D eigenvalue weighted by molar-refractivity contribution is 5.46. The predicted molar refractivity (Wildman–Crippen MR) is 57.6 cm³/mol. The van der Waals surface area contributed by atoms with Crippen molar-refractivity contribution >= 4 is 5.82 Å². The SMILES string of the molecule is NCCCNc1ncnc2c1COCC2. The molecular formula is C10H16N4O. The van der Waals surface area contributed by atoms with E-state index in [-0.39, 0.29) is 0 Å². The summed E-state index contributed by atoms with van der Waals surface area (Å²) in [6.07, 6.45) is 3.43. The molecule has 0 saturated carbocycles. The molecule has 1 aromatic heterocycles. The van der Waals surface area contributed by atoms with E-state index in [1.54, 1.807) is 6.33 Å². The largest absolute Gasteiger partial charge is 0.376 e. The highest BCUT2D eigenvalue weighted by Gasteiger charge is 2.15. The van der Waals surface area contributed by atoms with Gasteiger partial charge >= 0.3 is 0 Å². The van der Waals surface area contributed by atoms with Crippen LogP contribution < -0.4 is 11.1 Å². The molecule has 1 aliphatic rings. The van der Waals surface area contributed by atoms with Crippen molar-refractivity contribution in [3.8, 4) is 0 Å². The summed E-state index contributed by atoms with van der Waals surface area (Å²) in [5.74, 6) is 0.896. The van der Waals surface area contributed by atoms with Crippen molar-refractivity contribution in [2.75, 3.05) is 25.0 Å². The molecule has 5 heteroatoms. The number of anilines is 1. The van der Waals surface area contributed by atoms with Crippen LogP contribution in [0.2, 0.25) is 0 Å². The Balaban J connectivity index is 2.09. The Bertz CT molecular complexity index is 329. The maximum absolute atomic E-state index is 5.43. The van der Waals surface area contributed by atoms with Crippen LogP contribution in [0.4, 0.5) is 5.82 Å². The molecule has 3 N–H and O–H groups in total. The molecule has 2 rings (SSSR count). The van der Waals surface area contributed by atoms with Gasteiger partial charge in [-0.2, -0.15) is 0 Å². The maximum Gasteiger partial charge on any atom is 0.135 e. The lowest BCUT2D eigenvalue weighted by Crippen LogP contribution is -2.17. The first-order valence-electron chi connectivity index (χ1n) is 5.26. The smallest absolute Gasteiger partial charge is 0.135 e. The highest BCUT2D eigenvalue weighted by Crippen LogP contribution is 2.20. The van der Waals surface area contributed by atoms with E-state index < -0.39 is 0 Å². The van der Waals surface area contributed by atoms with Crippen LogP contribution in [0.25, 0.3) is 0 Å². The lowest BCUT2D eigenvalue weighted by molar-refractivity contribution is 0.109. The zero-order chi connectivity index (χ0) is 10.5. The number of hydrogen-bond acceptors (Lipinski definition) is 5. The summed E-state index contributed by atoms with van der Waals surface area (Å²) in [5, 5.41) is 3.26. The molecule has 1 aromatic rings. The molecule has 0 radical (unpaired) electrons. The summed E-state index contributed by atoms with van der Waals surface area (Å²) < 4.78 is 5.40. The van der Waals surface area contributed by atoms with Gasteiger partial charge in [0.1, 0.15) is 12.1 Å². The van der Waals surface area contributed by atoms with Crippen molar-refractivity contribution in [2.45, 2.75) is 19.4 Å². The molecule has 0 aromatic carbocycles. The number of fused-ring (bicyclic) bond motifs is 1. The van der Waals surface area contributed by atoms with E-state index in [1.807, 2.05) is 0 Å². The molecule has 0 spiro atoms. The van der Waals surface area contributed by atoms with Gasteiger partial charge in [0.25, 0.3) is 0 Å². The van der Waals surface area contributed by atoms with Gasteiger partial charge in [-0.05, 0) is 13.0 Å². The van der Waals surface area contributed by atoms with E-state index in [0.29, 0.717) is 13.2 Å². The van der Waals surface area contributed by atoms with Crippen molar-refractivity contribution in [2.24, 2.45) is 5.73 Å². The molecule has 0 amide bonds. The molecule has 0 bridgehead atoms. The third kappa shape index (κ3) is 2.43. The second-order valence-electron chi connectivity index (χ2n) is 3.52. The van der Waals surface area contributed by atoms with E-state index in [4.69, 9.17) is 10.5 Å². The van der Waals surface area contributed by atoms with Gasteiger partial charge in [-0.15, -0.1) is 0 Å². The molecule has 0 fully saturated rings. The van der Waals surface area contributed by atoms with Crippen LogP contribution >= 0.6 is 0 Å². The van der Waals surface area contributed by atoms with Gasteiger partial charge < -0.3 is 15.8 Å². The highest BCUT2D eigenvalue weighted by atomic mass is 16.5. The maximum atomic E-state index is 5.43. The summed E-state index contributed by atoms with van der Waals surface area (Å²) in [7, 11) is 0. The van der Waals surface area contributed by atoms with Crippen molar-refractivity contribution < 1.29 is 4.74 Å². The quantitative estimate of drug-likeness (QED) is 0.697. The van der Waals surface area contributed by atoms with E-state index >= 15 is 0 Å². The van der Waals surface area contributed by atoms with E-state index in [0.717, 1.165) is 43.1 Å². The number of ether oxygens (including phenoxy) is 1. The first kappa shape index (κ1) is 10.3. The van der Waals surface area contributed by atoms with Gasteiger partial charge in [0, 0.05) is 18.5 Å². The summed E-state index contributed by atoms with van der Waals surface area (Å²) >= 11 is 0. The number of rotatable bonds is 4. The van der Waals surface area contributed by atoms with E-state index in [2.05, 4.69) is 15.3 Å². The Labute approximate surface area is 89.1 Å². The lowest BCUT2D eigenvalue weighted by Gasteiger charge is -2.18. The summed E-state index contributed by atoms with van der Waals surface area (Å²) in [5.41, 5.74) is 7.63. The standard InChI is InChI=1S/C10H16N4O/c11-3-1-4-12-10-8-6-15-5-2-9(8)13-7-14-10/h7H,1-6,11H2,(H,12,13,14). The Morgan fingerprint density at radius 3 is 3.27 bits per heavy atom. The van der Waals surface area contributed by atoms with Crippen LogP contribution in [-0.4, -0.2) is 29.7 Å². The van der Waals surface area contributed by atoms with Crippen LogP contribution in [0.5, 0.6) is 0 Å². The van der Waals surface area contributed by atoms with Crippen LogP contribution in [0.15, 0.2) is 6.33 Å². The van der Waals surface area contributed by atoms with Crippen molar-refractivity contribution in [3.63, 3.8) is 0 Å². The molecule has 0 aliphatic carbocycles. The van der Waals surface area contributed by atoms with E-state index in [9.17, 15) is 0 Å². The van der Waals surface area contributed by atoms with Crippen molar-refractivity contribution in [1.29, 1.82) is 0 Å². The molecule has 5 nitrogen and oxygen atoms in total. The van der Waals surface area contributed by atoms with Crippen molar-refractivity contribution in [1.82, 2.24) is 9.97 Å². The second kappa shape index (κ2) is 5.04. The zero-order valence-corrected chi connectivity index (χ0v) is 8.70. The van der Waals surface area contributed by atoms with Gasteiger partial charge in [0.15, 0.2) is 0 Å². The minimum absolute atomic E-state index is 0.612. The minimum Gasteiger partial charge on any atom is -0.376 e. The first-order chi connectivity index (χ1) is 7.42. The molecule has 0 saturated heterocycles. The predicted octanol–water partition coefficient (Wildman–Crippen LogP) is 0.310. The number of nitrogens with one attached hydrogen (secondary N) is 1. The number of aromatic nitrogens is 2. The Kier molecular flexibility index (Phi) is 3.47. The number of nitrogens with zero attached hydrogens (tertiary/aromatic N) is 2. The molecule has 15 heavy (non-hydrogen) atoms. The van der Waals surface area contributed by atoms with Gasteiger partial charge in [0.05, 0.1) is 18.9 Å². The van der Waals surface area contributed by atoms with Crippen LogP contribution in [0.1, 0.15) is 17.7 Å². The Hall–Kier alpha value is -1.20. The minimum atomic E-state index is 0.612. The third-order valence-electron chi connectivity index (χ3n) is 2.44. The summed E-state index contributed by atoms with van der Waals surface area (Å²) in [4.78, 5) is 8.47. The fraction of sp³-hybridized carbons (Fsp3) is 0.600. The Morgan fingerprint density at radius 1 is 1.47 bits per heavy atom. The lowest BCUT2D eigenvalue weighted by atomic mass is 10.1. The molecule has 2 heterocycles. The third-order valence-corrected chi connectivity index (χ3v) is 2.44. The van der Waals surface area contributed by atoms with Crippen LogP contribution in [-0.2, 0) is 17.8 Å². The zero-order valence-electron chi connectivity index (χ0n) is 8.70. The van der Waals surface area contributed by atoms with E-state index in [1.165, 1.54) is 0 Å². The molecule has 1 aliphatic heterocycles. The topological polar surface area (TPSA) is 73.1 Å². The normalized spacial score (nSPS) is 14.7. The molecule has 0 atom stereocenters. The Morgan fingerprint density at radius 2 is 2.40 bits per heavy atom. The van der Waals surface area contributed by atoms with Crippen LogP contribution in [0, 0.1) is 0 Å². The first-order valence-corrected chi connectivity index (χ1v) is 5.26. The molecule has 0 unspecified atom stereocenters. The van der Waals surface area contributed by atoms with Gasteiger partial charge in [-0.3, -0.25) is 0 Å². The van der Waals surface area contributed by atoms with Gasteiger partial charge in [-0.1, -0.05) is 0 Å². The molecule has 82 valence electrons. The number of hydrogen-bond donors (Lipinski definition) is 2. The average molecular weight is 208 g/mol. The fourth-order valence-corrected chi connectivity index (χ4v) is 1.62.